The van der Waals surface area contributed by atoms with E-state index < -0.39 is 5.82 Å². The summed E-state index contributed by atoms with van der Waals surface area (Å²) in [5, 5.41) is -0.0706. The molecule has 9 heteroatoms. The van der Waals surface area contributed by atoms with Crippen LogP contribution in [-0.4, -0.2) is 21.6 Å². The molecule has 0 aliphatic carbocycles. The minimum Gasteiger partial charge on any atom is -0.464 e. The maximum Gasteiger partial charge on any atom is 0.330 e. The molecule has 106 valence electrons. The van der Waals surface area contributed by atoms with E-state index in [-0.39, 0.29) is 28.7 Å². The molecule has 2 rings (SSSR count). The van der Waals surface area contributed by atoms with Crippen LogP contribution in [0.2, 0.25) is 5.02 Å². The second-order valence-electron chi connectivity index (χ2n) is 3.46. The van der Waals surface area contributed by atoms with Gasteiger partial charge in [-0.2, -0.15) is 9.97 Å². The van der Waals surface area contributed by atoms with E-state index in [1.54, 1.807) is 6.92 Å². The van der Waals surface area contributed by atoms with Crippen molar-refractivity contribution in [1.82, 2.24) is 15.0 Å². The summed E-state index contributed by atoms with van der Waals surface area (Å²) in [6.45, 7) is 2.11. The van der Waals surface area contributed by atoms with Crippen LogP contribution in [0.25, 0.3) is 0 Å². The summed E-state index contributed by atoms with van der Waals surface area (Å²) in [7, 11) is 0. The minimum atomic E-state index is -0.713. The van der Waals surface area contributed by atoms with E-state index >= 15 is 0 Å². The fraction of sp³-hybridized carbons (Fsp3) is 0.182. The summed E-state index contributed by atoms with van der Waals surface area (Å²) < 4.78 is 24.1. The maximum atomic E-state index is 13.7. The van der Waals surface area contributed by atoms with Gasteiger partial charge in [-0.25, -0.2) is 10.2 Å². The first-order valence-corrected chi connectivity index (χ1v) is 5.99. The van der Waals surface area contributed by atoms with Crippen molar-refractivity contribution < 1.29 is 13.9 Å². The molecule has 0 unspecified atom stereocenters. The third-order valence-corrected chi connectivity index (χ3v) is 2.41. The highest BCUT2D eigenvalue weighted by Gasteiger charge is 2.13. The summed E-state index contributed by atoms with van der Waals surface area (Å²) in [4.78, 5) is 11.5. The van der Waals surface area contributed by atoms with Gasteiger partial charge in [-0.1, -0.05) is 17.7 Å². The number of hydrazine groups is 1. The highest BCUT2D eigenvalue weighted by Crippen LogP contribution is 2.27. The molecule has 0 amide bonds. The number of hydrogen-bond acceptors (Lipinski definition) is 7. The van der Waals surface area contributed by atoms with E-state index in [1.165, 1.54) is 18.2 Å². The second-order valence-corrected chi connectivity index (χ2v) is 3.86. The summed E-state index contributed by atoms with van der Waals surface area (Å²) in [6, 6.07) is 4.16. The molecular weight excluding hydrogens is 289 g/mol. The average molecular weight is 300 g/mol. The molecular formula is C11H11ClFN5O2. The number of hydrogen-bond donors (Lipinski definition) is 2. The lowest BCUT2D eigenvalue weighted by molar-refractivity contribution is 0.302. The Balaban J connectivity index is 2.32. The Bertz CT molecular complexity index is 613. The number of ether oxygens (including phenoxy) is 2. The molecule has 2 aromatic rings. The van der Waals surface area contributed by atoms with Crippen LogP contribution in [-0.2, 0) is 0 Å². The van der Waals surface area contributed by atoms with Crippen molar-refractivity contribution in [3.63, 3.8) is 0 Å². The summed E-state index contributed by atoms with van der Waals surface area (Å²) >= 11 is 5.65. The Morgan fingerprint density at radius 1 is 1.30 bits per heavy atom. The number of aromatic nitrogens is 3. The Morgan fingerprint density at radius 3 is 2.75 bits per heavy atom. The molecule has 20 heavy (non-hydrogen) atoms. The molecule has 0 radical (unpaired) electrons. The summed E-state index contributed by atoms with van der Waals surface area (Å²) in [5.41, 5.74) is 2.24. The predicted molar refractivity (Wildman–Crippen MR) is 70.3 cm³/mol. The second kappa shape index (κ2) is 6.31. The fourth-order valence-corrected chi connectivity index (χ4v) is 1.47. The van der Waals surface area contributed by atoms with Crippen LogP contribution in [0.5, 0.6) is 17.8 Å². The zero-order valence-corrected chi connectivity index (χ0v) is 11.2. The highest BCUT2D eigenvalue weighted by atomic mass is 35.5. The lowest BCUT2D eigenvalue weighted by Gasteiger charge is -2.08. The number of halogens is 2. The van der Waals surface area contributed by atoms with Gasteiger partial charge in [-0.15, -0.1) is 4.98 Å². The van der Waals surface area contributed by atoms with E-state index in [0.29, 0.717) is 6.61 Å². The van der Waals surface area contributed by atoms with Crippen molar-refractivity contribution in [2.75, 3.05) is 12.0 Å². The first-order chi connectivity index (χ1) is 9.63. The van der Waals surface area contributed by atoms with Crippen LogP contribution >= 0.6 is 11.6 Å². The first-order valence-electron chi connectivity index (χ1n) is 5.61. The first kappa shape index (κ1) is 14.2. The molecule has 3 N–H and O–H groups in total. The van der Waals surface area contributed by atoms with Gasteiger partial charge in [0.05, 0.1) is 11.6 Å². The molecule has 0 saturated carbocycles. The van der Waals surface area contributed by atoms with Gasteiger partial charge in [0.2, 0.25) is 5.95 Å². The van der Waals surface area contributed by atoms with Gasteiger partial charge in [0.1, 0.15) is 0 Å². The Hall–Kier alpha value is -2.19. The van der Waals surface area contributed by atoms with Crippen molar-refractivity contribution >= 4 is 17.5 Å². The van der Waals surface area contributed by atoms with Crippen molar-refractivity contribution in [3.05, 3.63) is 29.0 Å². The monoisotopic (exact) mass is 299 g/mol. The summed E-state index contributed by atoms with van der Waals surface area (Å²) in [5.74, 6) is 4.42. The Labute approximate surface area is 118 Å². The molecule has 1 heterocycles. The Kier molecular flexibility index (Phi) is 4.49. The van der Waals surface area contributed by atoms with Gasteiger partial charge in [0.25, 0.3) is 0 Å². The van der Waals surface area contributed by atoms with Gasteiger partial charge in [-0.3, -0.25) is 5.43 Å². The van der Waals surface area contributed by atoms with Gasteiger partial charge < -0.3 is 9.47 Å². The molecule has 1 aromatic heterocycles. The molecule has 0 saturated heterocycles. The molecule has 7 nitrogen and oxygen atoms in total. The quantitative estimate of drug-likeness (QED) is 0.645. The van der Waals surface area contributed by atoms with E-state index in [4.69, 9.17) is 26.9 Å². The molecule has 0 atom stereocenters. The van der Waals surface area contributed by atoms with Crippen LogP contribution in [0.1, 0.15) is 6.92 Å². The number of benzene rings is 1. The highest BCUT2D eigenvalue weighted by molar-refractivity contribution is 6.30. The van der Waals surface area contributed by atoms with Gasteiger partial charge >= 0.3 is 12.0 Å². The van der Waals surface area contributed by atoms with E-state index in [1.807, 2.05) is 0 Å². The molecule has 1 aromatic carbocycles. The maximum absolute atomic E-state index is 13.7. The number of nitrogens with zero attached hydrogens (tertiary/aromatic N) is 3. The van der Waals surface area contributed by atoms with Crippen LogP contribution in [0, 0.1) is 5.82 Å². The van der Waals surface area contributed by atoms with Crippen LogP contribution in [0.3, 0.4) is 0 Å². The van der Waals surface area contributed by atoms with Crippen molar-refractivity contribution in [2.24, 2.45) is 5.84 Å². The molecule has 0 aliphatic heterocycles. The van der Waals surface area contributed by atoms with Crippen LogP contribution in [0.15, 0.2) is 18.2 Å². The SMILES string of the molecule is CCOc1nc(NN)nc(Oc2cccc(Cl)c2F)n1. The standard InChI is InChI=1S/C11H11ClFN5O2/c1-2-19-10-15-9(18-14)16-11(17-10)20-7-5-3-4-6(12)8(7)13/h3-5H,2,14H2,1H3,(H,15,16,17,18). The topological polar surface area (TPSA) is 95.2 Å². The lowest BCUT2D eigenvalue weighted by Crippen LogP contribution is -2.13. The molecule has 0 aliphatic rings. The zero-order valence-electron chi connectivity index (χ0n) is 10.4. The average Bonchev–Trinajstić information content (AvgIpc) is 2.44. The largest absolute Gasteiger partial charge is 0.464 e. The van der Waals surface area contributed by atoms with Gasteiger partial charge in [-0.05, 0) is 19.1 Å². The van der Waals surface area contributed by atoms with Crippen LogP contribution < -0.4 is 20.7 Å². The normalized spacial score (nSPS) is 10.2. The van der Waals surface area contributed by atoms with Gasteiger partial charge in [0.15, 0.2) is 11.6 Å². The smallest absolute Gasteiger partial charge is 0.330 e. The van der Waals surface area contributed by atoms with Crippen molar-refractivity contribution in [3.8, 4) is 17.8 Å². The van der Waals surface area contributed by atoms with Crippen LogP contribution in [0.4, 0.5) is 10.3 Å². The molecule has 0 bridgehead atoms. The fourth-order valence-electron chi connectivity index (χ4n) is 1.30. The number of nitrogen functional groups attached to an aromatic ring is 1. The molecule has 0 spiro atoms. The van der Waals surface area contributed by atoms with E-state index in [9.17, 15) is 4.39 Å². The van der Waals surface area contributed by atoms with Gasteiger partial charge in [0, 0.05) is 0 Å². The number of nitrogens with two attached hydrogens (primary N) is 1. The predicted octanol–water partition coefficient (Wildman–Crippen LogP) is 2.14. The zero-order chi connectivity index (χ0) is 14.5. The molecule has 0 fully saturated rings. The third kappa shape index (κ3) is 3.22. The van der Waals surface area contributed by atoms with E-state index in [2.05, 4.69) is 20.4 Å². The number of rotatable bonds is 5. The minimum absolute atomic E-state index is 0.00730. The van der Waals surface area contributed by atoms with E-state index in [0.717, 1.165) is 0 Å². The summed E-state index contributed by atoms with van der Waals surface area (Å²) in [6.07, 6.45) is 0. The number of nitrogens with one attached hydrogen (secondary N) is 1. The third-order valence-electron chi connectivity index (χ3n) is 2.11. The van der Waals surface area contributed by atoms with Crippen molar-refractivity contribution in [2.45, 2.75) is 6.92 Å². The van der Waals surface area contributed by atoms with Crippen molar-refractivity contribution in [1.29, 1.82) is 0 Å². The lowest BCUT2D eigenvalue weighted by atomic mass is 10.3. The number of anilines is 1. The Morgan fingerprint density at radius 2 is 2.05 bits per heavy atom.